The Bertz CT molecular complexity index is 547. The number of hydrogen-bond donors (Lipinski definition) is 0. The molecule has 0 fully saturated rings. The van der Waals surface area contributed by atoms with E-state index in [4.69, 9.17) is 4.52 Å². The second kappa shape index (κ2) is 5.03. The van der Waals surface area contributed by atoms with Crippen LogP contribution in [0.3, 0.4) is 0 Å². The van der Waals surface area contributed by atoms with E-state index >= 15 is 0 Å². The summed E-state index contributed by atoms with van der Waals surface area (Å²) in [4.78, 5) is 23.8. The highest BCUT2D eigenvalue weighted by Gasteiger charge is 2.22. The molecule has 0 aliphatic rings. The van der Waals surface area contributed by atoms with Crippen molar-refractivity contribution in [3.63, 3.8) is 0 Å². The maximum Gasteiger partial charge on any atom is 0.240 e. The topological polar surface area (TPSA) is 81.8 Å². The van der Waals surface area contributed by atoms with Crippen molar-refractivity contribution in [2.24, 2.45) is 0 Å². The van der Waals surface area contributed by atoms with E-state index in [0.717, 1.165) is 5.56 Å². The average Bonchev–Trinajstić information content (AvgIpc) is 2.80. The van der Waals surface area contributed by atoms with Crippen LogP contribution in [0.15, 0.2) is 16.9 Å². The lowest BCUT2D eigenvalue weighted by Crippen LogP contribution is -2.07. The fourth-order valence-electron chi connectivity index (χ4n) is 1.61. The molecule has 2 aromatic rings. The van der Waals surface area contributed by atoms with Gasteiger partial charge < -0.3 is 4.52 Å². The Morgan fingerprint density at radius 1 is 1.33 bits per heavy atom. The smallest absolute Gasteiger partial charge is 0.240 e. The quantitative estimate of drug-likeness (QED) is 0.819. The predicted molar refractivity (Wildman–Crippen MR) is 63.8 cm³/mol. The molecule has 0 aliphatic carbocycles. The molecule has 0 amide bonds. The van der Waals surface area contributed by atoms with Crippen molar-refractivity contribution in [1.82, 2.24) is 20.1 Å². The Kier molecular flexibility index (Phi) is 3.45. The van der Waals surface area contributed by atoms with E-state index in [2.05, 4.69) is 20.1 Å². The lowest BCUT2D eigenvalue weighted by atomic mass is 10.0. The second-order valence-corrected chi connectivity index (χ2v) is 4.11. The van der Waals surface area contributed by atoms with Gasteiger partial charge in [-0.3, -0.25) is 4.79 Å². The van der Waals surface area contributed by atoms with Gasteiger partial charge in [-0.05, 0) is 25.8 Å². The number of nitrogens with zero attached hydrogens (tertiary/aromatic N) is 4. The summed E-state index contributed by atoms with van der Waals surface area (Å²) in [6.45, 7) is 5.31. The summed E-state index contributed by atoms with van der Waals surface area (Å²) in [6, 6.07) is 0. The molecule has 1 atom stereocenters. The minimum atomic E-state index is -0.350. The number of ketones is 1. The normalized spacial score (nSPS) is 12.4. The van der Waals surface area contributed by atoms with Crippen molar-refractivity contribution in [3.8, 4) is 11.6 Å². The van der Waals surface area contributed by atoms with E-state index in [1.807, 2.05) is 13.8 Å². The van der Waals surface area contributed by atoms with Crippen molar-refractivity contribution in [2.75, 3.05) is 0 Å². The zero-order valence-electron chi connectivity index (χ0n) is 10.5. The van der Waals surface area contributed by atoms with Gasteiger partial charge >= 0.3 is 0 Å². The molecule has 0 aromatic carbocycles. The Balaban J connectivity index is 2.30. The Morgan fingerprint density at radius 3 is 2.56 bits per heavy atom. The monoisotopic (exact) mass is 246 g/mol. The number of hydrogen-bond acceptors (Lipinski definition) is 6. The first-order chi connectivity index (χ1) is 8.61. The van der Waals surface area contributed by atoms with Crippen LogP contribution in [0.5, 0.6) is 0 Å². The van der Waals surface area contributed by atoms with Crippen molar-refractivity contribution in [1.29, 1.82) is 0 Å². The molecule has 1 unspecified atom stereocenters. The van der Waals surface area contributed by atoms with Gasteiger partial charge in [-0.25, -0.2) is 9.97 Å². The third kappa shape index (κ3) is 2.42. The lowest BCUT2D eigenvalue weighted by Gasteiger charge is -2.03. The van der Waals surface area contributed by atoms with Crippen LogP contribution in [0.1, 0.15) is 37.6 Å². The zero-order chi connectivity index (χ0) is 13.1. The standard InChI is InChI=1S/C12H14N4O2/c1-4-9(8(3)17)12-15-11(16-18-12)10-13-5-7(2)6-14-10/h5-6,9H,4H2,1-3H3. The van der Waals surface area contributed by atoms with Crippen molar-refractivity contribution in [2.45, 2.75) is 33.1 Å². The first-order valence-corrected chi connectivity index (χ1v) is 5.75. The van der Waals surface area contributed by atoms with Crippen LogP contribution in [0.2, 0.25) is 0 Å². The van der Waals surface area contributed by atoms with E-state index in [9.17, 15) is 4.79 Å². The first-order valence-electron chi connectivity index (χ1n) is 5.75. The van der Waals surface area contributed by atoms with Crippen LogP contribution in [0, 0.1) is 6.92 Å². The molecular formula is C12H14N4O2. The van der Waals surface area contributed by atoms with Crippen LogP contribution in [-0.4, -0.2) is 25.9 Å². The molecule has 18 heavy (non-hydrogen) atoms. The van der Waals surface area contributed by atoms with Crippen LogP contribution in [0.25, 0.3) is 11.6 Å². The molecular weight excluding hydrogens is 232 g/mol. The molecule has 2 rings (SSSR count). The highest BCUT2D eigenvalue weighted by atomic mass is 16.5. The zero-order valence-corrected chi connectivity index (χ0v) is 10.5. The van der Waals surface area contributed by atoms with Gasteiger partial charge in [-0.2, -0.15) is 4.98 Å². The van der Waals surface area contributed by atoms with Gasteiger partial charge in [0.1, 0.15) is 5.78 Å². The molecule has 0 saturated carbocycles. The molecule has 0 aliphatic heterocycles. The summed E-state index contributed by atoms with van der Waals surface area (Å²) < 4.78 is 5.10. The third-order valence-electron chi connectivity index (χ3n) is 2.62. The van der Waals surface area contributed by atoms with Gasteiger partial charge in [0.15, 0.2) is 0 Å². The van der Waals surface area contributed by atoms with Crippen LogP contribution >= 0.6 is 0 Å². The highest BCUT2D eigenvalue weighted by Crippen LogP contribution is 2.20. The number of aromatic nitrogens is 4. The van der Waals surface area contributed by atoms with Gasteiger partial charge in [0.2, 0.25) is 17.5 Å². The summed E-state index contributed by atoms with van der Waals surface area (Å²) in [7, 11) is 0. The number of carbonyl (C=O) groups excluding carboxylic acids is 1. The maximum absolute atomic E-state index is 11.4. The van der Waals surface area contributed by atoms with E-state index in [0.29, 0.717) is 24.0 Å². The van der Waals surface area contributed by atoms with Gasteiger partial charge in [0.25, 0.3) is 0 Å². The highest BCUT2D eigenvalue weighted by molar-refractivity contribution is 5.82. The van der Waals surface area contributed by atoms with Crippen LogP contribution in [0.4, 0.5) is 0 Å². The molecule has 2 aromatic heterocycles. The maximum atomic E-state index is 11.4. The first kappa shape index (κ1) is 12.3. The fourth-order valence-corrected chi connectivity index (χ4v) is 1.61. The Morgan fingerprint density at radius 2 is 2.00 bits per heavy atom. The molecule has 2 heterocycles. The predicted octanol–water partition coefficient (Wildman–Crippen LogP) is 1.92. The average molecular weight is 246 g/mol. The number of carbonyl (C=O) groups is 1. The number of Topliss-reactive ketones (excluding diaryl/α,β-unsaturated/α-hetero) is 1. The van der Waals surface area contributed by atoms with Crippen molar-refractivity contribution < 1.29 is 9.32 Å². The van der Waals surface area contributed by atoms with Crippen LogP contribution < -0.4 is 0 Å². The molecule has 0 spiro atoms. The van der Waals surface area contributed by atoms with Gasteiger partial charge in [0, 0.05) is 12.4 Å². The summed E-state index contributed by atoms with van der Waals surface area (Å²) in [5.74, 6) is 0.692. The summed E-state index contributed by atoms with van der Waals surface area (Å²) in [6.07, 6.45) is 3.99. The Hall–Kier alpha value is -2.11. The van der Waals surface area contributed by atoms with Crippen molar-refractivity contribution >= 4 is 5.78 Å². The van der Waals surface area contributed by atoms with E-state index in [1.54, 1.807) is 12.4 Å². The largest absolute Gasteiger partial charge is 0.338 e. The molecule has 0 saturated heterocycles. The minimum absolute atomic E-state index is 0.0116. The molecule has 94 valence electrons. The van der Waals surface area contributed by atoms with E-state index < -0.39 is 0 Å². The lowest BCUT2D eigenvalue weighted by molar-refractivity contribution is -0.119. The van der Waals surface area contributed by atoms with Gasteiger partial charge in [-0.15, -0.1) is 0 Å². The molecule has 6 heteroatoms. The van der Waals surface area contributed by atoms with E-state index in [1.165, 1.54) is 6.92 Å². The minimum Gasteiger partial charge on any atom is -0.338 e. The van der Waals surface area contributed by atoms with Gasteiger partial charge in [0.05, 0.1) is 5.92 Å². The fraction of sp³-hybridized carbons (Fsp3) is 0.417. The summed E-state index contributed by atoms with van der Waals surface area (Å²) in [5.41, 5.74) is 0.956. The van der Waals surface area contributed by atoms with Crippen LogP contribution in [-0.2, 0) is 4.79 Å². The van der Waals surface area contributed by atoms with Gasteiger partial charge in [-0.1, -0.05) is 12.1 Å². The van der Waals surface area contributed by atoms with E-state index in [-0.39, 0.29) is 11.7 Å². The molecule has 0 N–H and O–H groups in total. The SMILES string of the molecule is CCC(C(C)=O)c1nc(-c2ncc(C)cn2)no1. The van der Waals surface area contributed by atoms with Crippen molar-refractivity contribution in [3.05, 3.63) is 23.8 Å². The molecule has 0 bridgehead atoms. The number of aryl methyl sites for hydroxylation is 1. The summed E-state index contributed by atoms with van der Waals surface area (Å²) >= 11 is 0. The number of rotatable bonds is 4. The summed E-state index contributed by atoms with van der Waals surface area (Å²) in [5, 5.41) is 3.80. The molecule has 0 radical (unpaired) electrons. The second-order valence-electron chi connectivity index (χ2n) is 4.11. The Labute approximate surface area is 104 Å². The molecule has 6 nitrogen and oxygen atoms in total. The third-order valence-corrected chi connectivity index (χ3v) is 2.62.